The van der Waals surface area contributed by atoms with E-state index in [0.29, 0.717) is 54.8 Å². The molecule has 0 saturated carbocycles. The van der Waals surface area contributed by atoms with E-state index in [-0.39, 0.29) is 11.4 Å². The molecule has 3 rings (SSSR count). The third-order valence-electron chi connectivity index (χ3n) is 3.12. The molecule has 2 aliphatic heterocycles. The van der Waals surface area contributed by atoms with Gasteiger partial charge in [0, 0.05) is 18.4 Å². The van der Waals surface area contributed by atoms with E-state index in [0.717, 1.165) is 0 Å². The van der Waals surface area contributed by atoms with Crippen LogP contribution in [0.3, 0.4) is 0 Å². The lowest BCUT2D eigenvalue weighted by molar-refractivity contribution is -0.386. The van der Waals surface area contributed by atoms with Gasteiger partial charge in [0.15, 0.2) is 6.29 Å². The molecule has 1 aromatic rings. The van der Waals surface area contributed by atoms with Gasteiger partial charge in [-0.25, -0.2) is 0 Å². The number of aldehydes is 1. The molecule has 6 heteroatoms. The number of nitro groups is 1. The van der Waals surface area contributed by atoms with E-state index in [1.54, 1.807) is 0 Å². The number of carbonyl (C=O) groups is 1. The SMILES string of the molecule is O=Cc1c2c(c([N+](=O)[O-])c3c1OCC3)OCC2. The molecule has 2 aliphatic rings. The molecular weight excluding hydrogens is 226 g/mol. The predicted molar refractivity (Wildman–Crippen MR) is 56.9 cm³/mol. The highest BCUT2D eigenvalue weighted by atomic mass is 16.6. The van der Waals surface area contributed by atoms with Gasteiger partial charge in [-0.15, -0.1) is 0 Å². The number of nitro benzene ring substituents is 1. The number of ether oxygens (including phenoxy) is 2. The average Bonchev–Trinajstić information content (AvgIpc) is 2.92. The van der Waals surface area contributed by atoms with Crippen LogP contribution in [-0.4, -0.2) is 24.4 Å². The molecular formula is C11H9NO5. The van der Waals surface area contributed by atoms with Crippen LogP contribution in [-0.2, 0) is 12.8 Å². The van der Waals surface area contributed by atoms with Crippen LogP contribution >= 0.6 is 0 Å². The first kappa shape index (κ1) is 10.1. The fraction of sp³-hybridized carbons (Fsp3) is 0.364. The summed E-state index contributed by atoms with van der Waals surface area (Å²) in [5.41, 5.74) is 1.47. The standard InChI is InChI=1S/C11H9NO5/c13-5-8-6-1-3-17-11(6)9(12(14)15)7-2-4-16-10(7)8/h5H,1-4H2. The Morgan fingerprint density at radius 3 is 2.41 bits per heavy atom. The molecule has 0 aliphatic carbocycles. The molecule has 1 aromatic carbocycles. The van der Waals surface area contributed by atoms with Crippen LogP contribution in [0.2, 0.25) is 0 Å². The molecule has 0 fully saturated rings. The summed E-state index contributed by atoms with van der Waals surface area (Å²) in [6.07, 6.45) is 1.66. The minimum Gasteiger partial charge on any atom is -0.492 e. The normalized spacial score (nSPS) is 15.8. The first-order valence-electron chi connectivity index (χ1n) is 5.31. The molecule has 17 heavy (non-hydrogen) atoms. The van der Waals surface area contributed by atoms with Gasteiger partial charge < -0.3 is 9.47 Å². The summed E-state index contributed by atoms with van der Waals surface area (Å²) in [5, 5.41) is 11.1. The maximum Gasteiger partial charge on any atom is 0.318 e. The number of hydrogen-bond donors (Lipinski definition) is 0. The van der Waals surface area contributed by atoms with Gasteiger partial charge in [0.05, 0.1) is 29.3 Å². The van der Waals surface area contributed by atoms with Gasteiger partial charge in [0.2, 0.25) is 5.75 Å². The molecule has 0 N–H and O–H groups in total. The maximum absolute atomic E-state index is 11.1. The van der Waals surface area contributed by atoms with E-state index in [9.17, 15) is 14.9 Å². The number of hydrogen-bond acceptors (Lipinski definition) is 5. The van der Waals surface area contributed by atoms with E-state index in [2.05, 4.69) is 0 Å². The highest BCUT2D eigenvalue weighted by Gasteiger charge is 2.37. The van der Waals surface area contributed by atoms with Crippen LogP contribution in [0.4, 0.5) is 5.69 Å². The van der Waals surface area contributed by atoms with Gasteiger partial charge >= 0.3 is 5.69 Å². The van der Waals surface area contributed by atoms with Crippen LogP contribution in [0.1, 0.15) is 21.5 Å². The average molecular weight is 235 g/mol. The number of carbonyl (C=O) groups excluding carboxylic acids is 1. The molecule has 6 nitrogen and oxygen atoms in total. The van der Waals surface area contributed by atoms with E-state index in [4.69, 9.17) is 9.47 Å². The Hall–Kier alpha value is -2.11. The second kappa shape index (κ2) is 3.44. The van der Waals surface area contributed by atoms with Crippen molar-refractivity contribution in [2.24, 2.45) is 0 Å². The molecule has 0 aromatic heterocycles. The molecule has 0 radical (unpaired) electrons. The molecule has 0 bridgehead atoms. The van der Waals surface area contributed by atoms with Crippen LogP contribution in [0.5, 0.6) is 11.5 Å². The first-order valence-corrected chi connectivity index (χ1v) is 5.31. The lowest BCUT2D eigenvalue weighted by Crippen LogP contribution is -2.00. The van der Waals surface area contributed by atoms with Crippen molar-refractivity contribution in [3.8, 4) is 11.5 Å². The second-order valence-electron chi connectivity index (χ2n) is 3.95. The fourth-order valence-corrected chi connectivity index (χ4v) is 2.44. The molecule has 0 atom stereocenters. The van der Waals surface area contributed by atoms with Crippen molar-refractivity contribution in [3.63, 3.8) is 0 Å². The highest BCUT2D eigenvalue weighted by molar-refractivity contribution is 5.88. The Morgan fingerprint density at radius 1 is 1.12 bits per heavy atom. The van der Waals surface area contributed by atoms with Crippen molar-refractivity contribution in [2.45, 2.75) is 12.8 Å². The highest BCUT2D eigenvalue weighted by Crippen LogP contribution is 2.47. The van der Waals surface area contributed by atoms with E-state index < -0.39 is 4.92 Å². The smallest absolute Gasteiger partial charge is 0.318 e. The Labute approximate surface area is 96.3 Å². The Kier molecular flexibility index (Phi) is 2.04. The van der Waals surface area contributed by atoms with Crippen molar-refractivity contribution in [2.75, 3.05) is 13.2 Å². The number of benzene rings is 1. The third kappa shape index (κ3) is 1.23. The number of rotatable bonds is 2. The molecule has 0 amide bonds. The van der Waals surface area contributed by atoms with Crippen molar-refractivity contribution in [3.05, 3.63) is 26.8 Å². The minimum atomic E-state index is -0.452. The lowest BCUT2D eigenvalue weighted by atomic mass is 9.98. The largest absolute Gasteiger partial charge is 0.492 e. The second-order valence-corrected chi connectivity index (χ2v) is 3.95. The topological polar surface area (TPSA) is 78.7 Å². The van der Waals surface area contributed by atoms with Gasteiger partial charge in [-0.05, 0) is 0 Å². The minimum absolute atomic E-state index is 0.0319. The molecule has 88 valence electrons. The predicted octanol–water partition coefficient (Wildman–Crippen LogP) is 1.28. The summed E-state index contributed by atoms with van der Waals surface area (Å²) in [6, 6.07) is 0. The van der Waals surface area contributed by atoms with Gasteiger partial charge in [-0.2, -0.15) is 0 Å². The van der Waals surface area contributed by atoms with E-state index in [1.807, 2.05) is 0 Å². The molecule has 0 saturated heterocycles. The fourth-order valence-electron chi connectivity index (χ4n) is 2.44. The van der Waals surface area contributed by atoms with Crippen molar-refractivity contribution in [1.29, 1.82) is 0 Å². The first-order chi connectivity index (χ1) is 8.24. The molecule has 0 spiro atoms. The summed E-state index contributed by atoms with van der Waals surface area (Å²) in [7, 11) is 0. The van der Waals surface area contributed by atoms with Gasteiger partial charge in [-0.1, -0.05) is 0 Å². The zero-order chi connectivity index (χ0) is 12.0. The van der Waals surface area contributed by atoms with Crippen molar-refractivity contribution >= 4 is 12.0 Å². The zero-order valence-corrected chi connectivity index (χ0v) is 8.89. The van der Waals surface area contributed by atoms with E-state index >= 15 is 0 Å². The Morgan fingerprint density at radius 2 is 1.76 bits per heavy atom. The van der Waals surface area contributed by atoms with Gasteiger partial charge in [-0.3, -0.25) is 14.9 Å². The van der Waals surface area contributed by atoms with Crippen molar-refractivity contribution in [1.82, 2.24) is 0 Å². The van der Waals surface area contributed by atoms with Crippen LogP contribution in [0.15, 0.2) is 0 Å². The maximum atomic E-state index is 11.1. The third-order valence-corrected chi connectivity index (χ3v) is 3.12. The number of fused-ring (bicyclic) bond motifs is 2. The van der Waals surface area contributed by atoms with Crippen LogP contribution in [0, 0.1) is 10.1 Å². The van der Waals surface area contributed by atoms with Crippen LogP contribution < -0.4 is 9.47 Å². The zero-order valence-electron chi connectivity index (χ0n) is 8.89. The Bertz CT molecular complexity index is 502. The number of nitrogens with zero attached hydrogens (tertiary/aromatic N) is 1. The van der Waals surface area contributed by atoms with Crippen LogP contribution in [0.25, 0.3) is 0 Å². The quantitative estimate of drug-likeness (QED) is 0.438. The summed E-state index contributed by atoms with van der Waals surface area (Å²) in [4.78, 5) is 21.8. The van der Waals surface area contributed by atoms with Crippen molar-refractivity contribution < 1.29 is 19.2 Å². The van der Waals surface area contributed by atoms with Gasteiger partial charge in [0.25, 0.3) is 0 Å². The van der Waals surface area contributed by atoms with E-state index in [1.165, 1.54) is 0 Å². The summed E-state index contributed by atoms with van der Waals surface area (Å²) < 4.78 is 10.6. The Balaban J connectivity index is 2.38. The molecule has 2 heterocycles. The summed E-state index contributed by atoms with van der Waals surface area (Å²) in [6.45, 7) is 0.750. The van der Waals surface area contributed by atoms with Gasteiger partial charge in [0.1, 0.15) is 5.75 Å². The summed E-state index contributed by atoms with van der Waals surface area (Å²) in [5.74, 6) is 0.623. The molecule has 0 unspecified atom stereocenters. The summed E-state index contributed by atoms with van der Waals surface area (Å²) >= 11 is 0. The lowest BCUT2D eigenvalue weighted by Gasteiger charge is -2.08. The monoisotopic (exact) mass is 235 g/mol.